The van der Waals surface area contributed by atoms with Gasteiger partial charge in [0.15, 0.2) is 6.10 Å². The van der Waals surface area contributed by atoms with Crippen molar-refractivity contribution in [3.63, 3.8) is 0 Å². The van der Waals surface area contributed by atoms with Gasteiger partial charge in [0.1, 0.15) is 0 Å². The summed E-state index contributed by atoms with van der Waals surface area (Å²) in [7, 11) is -4.73. The number of ketones is 1. The smallest absolute Gasteiger partial charge is 0.341 e. The number of esters is 1. The summed E-state index contributed by atoms with van der Waals surface area (Å²) in [6.07, 6.45) is -1.06. The minimum Gasteiger partial charge on any atom is -0.451 e. The van der Waals surface area contributed by atoms with E-state index in [4.69, 9.17) is 4.74 Å². The molecule has 1 atom stereocenters. The van der Waals surface area contributed by atoms with Gasteiger partial charge in [0.25, 0.3) is 0 Å². The van der Waals surface area contributed by atoms with Crippen LogP contribution in [-0.4, -0.2) is 32.0 Å². The third-order valence-corrected chi connectivity index (χ3v) is 5.04. The van der Waals surface area contributed by atoms with E-state index in [2.05, 4.69) is 0 Å². The van der Waals surface area contributed by atoms with E-state index in [9.17, 15) is 26.8 Å². The molecule has 0 fully saturated rings. The number of sulfone groups is 1. The Labute approximate surface area is 149 Å². The summed E-state index contributed by atoms with van der Waals surface area (Å²) >= 11 is 0. The van der Waals surface area contributed by atoms with Crippen LogP contribution in [0.5, 0.6) is 0 Å². The molecule has 0 unspecified atom stereocenters. The van der Waals surface area contributed by atoms with Crippen LogP contribution >= 0.6 is 0 Å². The molecule has 26 heavy (non-hydrogen) atoms. The quantitative estimate of drug-likeness (QED) is 0.565. The predicted molar refractivity (Wildman–Crippen MR) is 90.0 cm³/mol. The van der Waals surface area contributed by atoms with Gasteiger partial charge < -0.3 is 4.74 Å². The van der Waals surface area contributed by atoms with Crippen LogP contribution in [0.25, 0.3) is 0 Å². The number of aryl methyl sites for hydroxylation is 1. The Bertz CT molecular complexity index is 904. The summed E-state index contributed by atoms with van der Waals surface area (Å²) in [4.78, 5) is 23.7. The first-order valence-electron chi connectivity index (χ1n) is 7.57. The molecule has 8 heteroatoms. The number of ether oxygens (including phenoxy) is 1. The van der Waals surface area contributed by atoms with Crippen molar-refractivity contribution in [2.75, 3.05) is 0 Å². The Kier molecular flexibility index (Phi) is 5.86. The second kappa shape index (κ2) is 7.74. The van der Waals surface area contributed by atoms with Gasteiger partial charge >= 0.3 is 11.7 Å². The van der Waals surface area contributed by atoms with Crippen molar-refractivity contribution < 1.29 is 31.5 Å². The summed E-state index contributed by atoms with van der Waals surface area (Å²) in [6.45, 7) is 3.28. The maximum atomic E-state index is 12.5. The average molecular weight is 382 g/mol. The maximum absolute atomic E-state index is 12.5. The molecule has 2 aromatic carbocycles. The number of carbonyl (C=O) groups is 2. The highest BCUT2D eigenvalue weighted by atomic mass is 32.2. The Hall–Kier alpha value is -2.61. The molecule has 0 saturated heterocycles. The van der Waals surface area contributed by atoms with Crippen molar-refractivity contribution in [3.05, 3.63) is 65.2 Å². The first-order chi connectivity index (χ1) is 12.1. The van der Waals surface area contributed by atoms with Crippen molar-refractivity contribution in [2.24, 2.45) is 0 Å². The van der Waals surface area contributed by atoms with Crippen LogP contribution in [0.1, 0.15) is 33.2 Å². The lowest BCUT2D eigenvalue weighted by Gasteiger charge is -2.13. The first kappa shape index (κ1) is 19.7. The van der Waals surface area contributed by atoms with E-state index >= 15 is 0 Å². The highest BCUT2D eigenvalue weighted by molar-refractivity contribution is 7.91. The normalized spacial score (nSPS) is 12.7. The van der Waals surface area contributed by atoms with Crippen LogP contribution in [0.2, 0.25) is 0 Å². The summed E-state index contributed by atoms with van der Waals surface area (Å²) in [5.74, 6) is -4.80. The molecule has 138 valence electrons. The third kappa shape index (κ3) is 4.32. The van der Waals surface area contributed by atoms with Gasteiger partial charge in [-0.2, -0.15) is 8.78 Å². The Morgan fingerprint density at radius 2 is 1.42 bits per heavy atom. The number of hydrogen-bond donors (Lipinski definition) is 0. The van der Waals surface area contributed by atoms with Gasteiger partial charge in [-0.25, -0.2) is 13.2 Å². The lowest BCUT2D eigenvalue weighted by Crippen LogP contribution is -2.24. The molecule has 0 N–H and O–H groups in total. The van der Waals surface area contributed by atoms with Gasteiger partial charge in [-0.05, 0) is 38.1 Å². The maximum Gasteiger partial charge on any atom is 0.341 e. The molecule has 2 aromatic rings. The number of benzene rings is 2. The summed E-state index contributed by atoms with van der Waals surface area (Å²) in [6, 6.07) is 10.6. The van der Waals surface area contributed by atoms with Crippen molar-refractivity contribution >= 4 is 21.6 Å². The fraction of sp³-hybridized carbons (Fsp3) is 0.222. The van der Waals surface area contributed by atoms with Crippen molar-refractivity contribution in [1.82, 2.24) is 0 Å². The minimum absolute atomic E-state index is 0.0539. The van der Waals surface area contributed by atoms with Crippen molar-refractivity contribution in [3.8, 4) is 0 Å². The molecule has 2 rings (SSSR count). The topological polar surface area (TPSA) is 77.5 Å². The number of hydrogen-bond acceptors (Lipinski definition) is 5. The lowest BCUT2D eigenvalue weighted by molar-refractivity contribution is 0.0318. The third-order valence-electron chi connectivity index (χ3n) is 3.64. The second-order valence-corrected chi connectivity index (χ2v) is 7.53. The van der Waals surface area contributed by atoms with Gasteiger partial charge in [-0.1, -0.05) is 29.8 Å². The molecule has 0 aromatic heterocycles. The largest absolute Gasteiger partial charge is 0.451 e. The van der Waals surface area contributed by atoms with Gasteiger partial charge in [0.05, 0.1) is 10.5 Å². The molecule has 0 aliphatic heterocycles. The van der Waals surface area contributed by atoms with Crippen molar-refractivity contribution in [2.45, 2.75) is 30.6 Å². The Morgan fingerprint density at radius 3 is 1.92 bits per heavy atom. The zero-order chi connectivity index (χ0) is 19.5. The number of alkyl halides is 2. The standard InChI is InChI=1S/C18H16F2O5S/c1-11-3-5-13(6-4-11)16(21)12(2)25-17(22)14-7-9-15(10-8-14)26(23,24)18(19)20/h3-10,12,18H,1-2H3/t12-/m1/s1. The molecule has 0 aliphatic rings. The minimum atomic E-state index is -4.73. The lowest BCUT2D eigenvalue weighted by atomic mass is 10.1. The monoisotopic (exact) mass is 382 g/mol. The molecule has 0 bridgehead atoms. The Morgan fingerprint density at radius 1 is 0.923 bits per heavy atom. The summed E-state index contributed by atoms with van der Waals surface area (Å²) in [5, 5.41) is 0. The van der Waals surface area contributed by atoms with Crippen LogP contribution < -0.4 is 0 Å². The van der Waals surface area contributed by atoms with E-state index in [1.54, 1.807) is 24.3 Å². The SMILES string of the molecule is Cc1ccc(C(=O)[C@@H](C)OC(=O)c2ccc(S(=O)(=O)C(F)F)cc2)cc1. The predicted octanol–water partition coefficient (Wildman–Crippen LogP) is 3.42. The van der Waals surface area contributed by atoms with E-state index in [1.807, 2.05) is 6.92 Å². The molecular weight excluding hydrogens is 366 g/mol. The fourth-order valence-corrected chi connectivity index (χ4v) is 2.84. The van der Waals surface area contributed by atoms with E-state index < -0.39 is 38.3 Å². The van der Waals surface area contributed by atoms with Crippen LogP contribution in [0.4, 0.5) is 8.78 Å². The molecule has 0 aliphatic carbocycles. The fourth-order valence-electron chi connectivity index (χ4n) is 2.12. The number of rotatable bonds is 6. The Balaban J connectivity index is 2.09. The van der Waals surface area contributed by atoms with Crippen LogP contribution in [0.15, 0.2) is 53.4 Å². The zero-order valence-corrected chi connectivity index (χ0v) is 14.8. The van der Waals surface area contributed by atoms with Crippen LogP contribution in [-0.2, 0) is 14.6 Å². The van der Waals surface area contributed by atoms with Gasteiger partial charge in [0, 0.05) is 5.56 Å². The number of halogens is 2. The number of Topliss-reactive ketones (excluding diaryl/α,β-unsaturated/α-hetero) is 1. The molecule has 0 heterocycles. The molecule has 0 saturated carbocycles. The van der Waals surface area contributed by atoms with Gasteiger partial charge in [-0.3, -0.25) is 4.79 Å². The van der Waals surface area contributed by atoms with Crippen molar-refractivity contribution in [1.29, 1.82) is 0 Å². The van der Waals surface area contributed by atoms with E-state index in [-0.39, 0.29) is 5.56 Å². The highest BCUT2D eigenvalue weighted by Gasteiger charge is 2.27. The van der Waals surface area contributed by atoms with Gasteiger partial charge in [-0.15, -0.1) is 0 Å². The molecule has 0 spiro atoms. The average Bonchev–Trinajstić information content (AvgIpc) is 2.61. The van der Waals surface area contributed by atoms with E-state index in [0.29, 0.717) is 5.56 Å². The summed E-state index contributed by atoms with van der Waals surface area (Å²) in [5.41, 5.74) is 1.31. The molecule has 0 amide bonds. The first-order valence-corrected chi connectivity index (χ1v) is 9.11. The van der Waals surface area contributed by atoms with Crippen LogP contribution in [0, 0.1) is 6.92 Å². The zero-order valence-electron chi connectivity index (χ0n) is 14.0. The number of carbonyl (C=O) groups excluding carboxylic acids is 2. The summed E-state index contributed by atoms with van der Waals surface area (Å²) < 4.78 is 52.7. The second-order valence-electron chi connectivity index (χ2n) is 5.61. The molecule has 5 nitrogen and oxygen atoms in total. The molecule has 0 radical (unpaired) electrons. The van der Waals surface area contributed by atoms with E-state index in [0.717, 1.165) is 29.8 Å². The van der Waals surface area contributed by atoms with E-state index in [1.165, 1.54) is 6.92 Å². The van der Waals surface area contributed by atoms with Crippen LogP contribution in [0.3, 0.4) is 0 Å². The highest BCUT2D eigenvalue weighted by Crippen LogP contribution is 2.19. The van der Waals surface area contributed by atoms with Gasteiger partial charge in [0.2, 0.25) is 15.6 Å². The molecular formula is C18H16F2O5S.